The highest BCUT2D eigenvalue weighted by Gasteiger charge is 2.16. The summed E-state index contributed by atoms with van der Waals surface area (Å²) in [6.07, 6.45) is 18.2. The van der Waals surface area contributed by atoms with Gasteiger partial charge < -0.3 is 4.74 Å². The van der Waals surface area contributed by atoms with Crippen LogP contribution in [0.25, 0.3) is 11.1 Å². The fraction of sp³-hybridized carbons (Fsp3) is 0.606. The standard InChI is InChI=1S/C33H50O2S2/c1-4-6-8-10-12-13-15-17-27-36-31-22-18-29(19-23-31)30-20-24-32(25-21-30)37-28(3)33(34)35-26-16-14-11-9-7-5-2/h18-25,28H,4-17,26-27H2,1-3H3/t28-/m1/s1. The van der Waals surface area contributed by atoms with Gasteiger partial charge in [0.25, 0.3) is 0 Å². The zero-order chi connectivity index (χ0) is 26.6. The Bertz CT molecular complexity index is 832. The van der Waals surface area contributed by atoms with Crippen molar-refractivity contribution in [2.24, 2.45) is 0 Å². The molecule has 2 rings (SSSR count). The van der Waals surface area contributed by atoms with Crippen molar-refractivity contribution in [3.63, 3.8) is 0 Å². The molecule has 0 N–H and O–H groups in total. The van der Waals surface area contributed by atoms with E-state index in [2.05, 4.69) is 62.4 Å². The minimum Gasteiger partial charge on any atom is -0.465 e. The number of hydrogen-bond donors (Lipinski definition) is 0. The molecule has 0 saturated carbocycles. The lowest BCUT2D eigenvalue weighted by atomic mass is 10.1. The van der Waals surface area contributed by atoms with Crippen molar-refractivity contribution in [1.29, 1.82) is 0 Å². The van der Waals surface area contributed by atoms with Crippen molar-refractivity contribution in [2.75, 3.05) is 12.4 Å². The summed E-state index contributed by atoms with van der Waals surface area (Å²) in [5, 5.41) is -0.191. The number of esters is 1. The first-order valence-corrected chi connectivity index (χ1v) is 16.7. The molecule has 0 unspecified atom stereocenters. The lowest BCUT2D eigenvalue weighted by Gasteiger charge is -2.12. The van der Waals surface area contributed by atoms with Crippen molar-refractivity contribution in [1.82, 2.24) is 0 Å². The first-order valence-electron chi connectivity index (χ1n) is 14.8. The van der Waals surface area contributed by atoms with Gasteiger partial charge in [-0.25, -0.2) is 0 Å². The molecule has 0 amide bonds. The lowest BCUT2D eigenvalue weighted by Crippen LogP contribution is -2.17. The van der Waals surface area contributed by atoms with Crippen molar-refractivity contribution in [3.05, 3.63) is 48.5 Å². The van der Waals surface area contributed by atoms with Gasteiger partial charge in [0.05, 0.1) is 6.61 Å². The summed E-state index contributed by atoms with van der Waals surface area (Å²) in [7, 11) is 0. The average molecular weight is 543 g/mol. The molecule has 0 spiro atoms. The fourth-order valence-corrected chi connectivity index (χ4v) is 6.10. The quantitative estimate of drug-likeness (QED) is 0.0890. The number of benzene rings is 2. The number of rotatable bonds is 21. The number of carbonyl (C=O) groups excluding carboxylic acids is 1. The van der Waals surface area contributed by atoms with Crippen LogP contribution >= 0.6 is 23.5 Å². The van der Waals surface area contributed by atoms with Gasteiger partial charge in [0, 0.05) is 9.79 Å². The third-order valence-electron chi connectivity index (χ3n) is 6.70. The summed E-state index contributed by atoms with van der Waals surface area (Å²) in [6, 6.07) is 17.5. The van der Waals surface area contributed by atoms with Gasteiger partial charge in [0.1, 0.15) is 5.25 Å². The van der Waals surface area contributed by atoms with Crippen LogP contribution in [-0.4, -0.2) is 23.6 Å². The second kappa shape index (κ2) is 20.6. The number of carbonyl (C=O) groups is 1. The molecular weight excluding hydrogens is 492 g/mol. The van der Waals surface area contributed by atoms with Crippen LogP contribution in [0.1, 0.15) is 111 Å². The summed E-state index contributed by atoms with van der Waals surface area (Å²) in [6.45, 7) is 6.98. The van der Waals surface area contributed by atoms with Gasteiger partial charge in [-0.15, -0.1) is 23.5 Å². The molecule has 2 aromatic carbocycles. The topological polar surface area (TPSA) is 26.3 Å². The molecule has 0 saturated heterocycles. The van der Waals surface area contributed by atoms with Crippen LogP contribution in [-0.2, 0) is 9.53 Å². The maximum absolute atomic E-state index is 12.3. The average Bonchev–Trinajstić information content (AvgIpc) is 2.92. The maximum atomic E-state index is 12.3. The molecule has 0 heterocycles. The van der Waals surface area contributed by atoms with E-state index in [1.54, 1.807) is 11.8 Å². The molecule has 0 aliphatic carbocycles. The Kier molecular flexibility index (Phi) is 17.7. The Morgan fingerprint density at radius 3 is 1.65 bits per heavy atom. The Morgan fingerprint density at radius 2 is 1.11 bits per heavy atom. The third kappa shape index (κ3) is 14.4. The first-order chi connectivity index (χ1) is 18.1. The fourth-order valence-electron chi connectivity index (χ4n) is 4.32. The normalized spacial score (nSPS) is 12.0. The van der Waals surface area contributed by atoms with E-state index in [9.17, 15) is 4.79 Å². The molecular formula is C33H50O2S2. The molecule has 1 atom stereocenters. The van der Waals surface area contributed by atoms with Crippen molar-refractivity contribution >= 4 is 29.5 Å². The monoisotopic (exact) mass is 542 g/mol. The van der Waals surface area contributed by atoms with Gasteiger partial charge in [-0.1, -0.05) is 115 Å². The molecule has 37 heavy (non-hydrogen) atoms. The van der Waals surface area contributed by atoms with Crippen molar-refractivity contribution in [2.45, 2.75) is 126 Å². The number of ether oxygens (including phenoxy) is 1. The zero-order valence-electron chi connectivity index (χ0n) is 23.6. The van der Waals surface area contributed by atoms with E-state index in [0.717, 1.165) is 17.7 Å². The van der Waals surface area contributed by atoms with Crippen LogP contribution < -0.4 is 0 Å². The minimum atomic E-state index is -0.191. The van der Waals surface area contributed by atoms with Gasteiger partial charge in [0.15, 0.2) is 0 Å². The Morgan fingerprint density at radius 1 is 0.649 bits per heavy atom. The predicted molar refractivity (Wildman–Crippen MR) is 165 cm³/mol. The molecule has 2 nitrogen and oxygen atoms in total. The largest absolute Gasteiger partial charge is 0.465 e. The molecule has 206 valence electrons. The molecule has 4 heteroatoms. The molecule has 2 aromatic rings. The highest BCUT2D eigenvalue weighted by Crippen LogP contribution is 2.29. The van der Waals surface area contributed by atoms with E-state index in [-0.39, 0.29) is 11.2 Å². The number of hydrogen-bond acceptors (Lipinski definition) is 4. The summed E-state index contributed by atoms with van der Waals surface area (Å²) in [5.74, 6) is 1.10. The van der Waals surface area contributed by atoms with Gasteiger partial charge in [-0.2, -0.15) is 0 Å². The zero-order valence-corrected chi connectivity index (χ0v) is 25.3. The smallest absolute Gasteiger partial charge is 0.319 e. The van der Waals surface area contributed by atoms with Crippen LogP contribution in [0, 0.1) is 0 Å². The van der Waals surface area contributed by atoms with E-state index in [1.165, 1.54) is 98.8 Å². The van der Waals surface area contributed by atoms with E-state index in [4.69, 9.17) is 4.74 Å². The predicted octanol–water partition coefficient (Wildman–Crippen LogP) is 11.0. The molecule has 0 fully saturated rings. The summed E-state index contributed by atoms with van der Waals surface area (Å²) in [5.41, 5.74) is 2.45. The van der Waals surface area contributed by atoms with Crippen LogP contribution in [0.2, 0.25) is 0 Å². The van der Waals surface area contributed by atoms with E-state index in [1.807, 2.05) is 18.7 Å². The molecule has 0 radical (unpaired) electrons. The van der Waals surface area contributed by atoms with Gasteiger partial charge in [0.2, 0.25) is 0 Å². The van der Waals surface area contributed by atoms with Crippen LogP contribution in [0.5, 0.6) is 0 Å². The SMILES string of the molecule is CCCCCCCCCCSc1ccc(-c2ccc(S[C@H](C)C(=O)OCCCCCCCC)cc2)cc1. The third-order valence-corrected chi connectivity index (χ3v) is 8.88. The summed E-state index contributed by atoms with van der Waals surface area (Å²) < 4.78 is 5.49. The Labute approximate surface area is 236 Å². The van der Waals surface area contributed by atoms with Crippen molar-refractivity contribution < 1.29 is 9.53 Å². The van der Waals surface area contributed by atoms with Gasteiger partial charge >= 0.3 is 5.97 Å². The first kappa shape index (κ1) is 31.8. The lowest BCUT2D eigenvalue weighted by molar-refractivity contribution is -0.142. The second-order valence-electron chi connectivity index (χ2n) is 10.1. The van der Waals surface area contributed by atoms with Crippen molar-refractivity contribution in [3.8, 4) is 11.1 Å². The minimum absolute atomic E-state index is 0.109. The van der Waals surface area contributed by atoms with E-state index >= 15 is 0 Å². The highest BCUT2D eigenvalue weighted by atomic mass is 32.2. The number of thioether (sulfide) groups is 2. The van der Waals surface area contributed by atoms with Crippen LogP contribution in [0.15, 0.2) is 58.3 Å². The summed E-state index contributed by atoms with van der Waals surface area (Å²) in [4.78, 5) is 14.8. The molecule has 0 aromatic heterocycles. The Hall–Kier alpha value is -1.39. The summed E-state index contributed by atoms with van der Waals surface area (Å²) >= 11 is 3.55. The number of unbranched alkanes of at least 4 members (excludes halogenated alkanes) is 12. The molecule has 0 aliphatic rings. The van der Waals surface area contributed by atoms with Crippen LogP contribution in [0.4, 0.5) is 0 Å². The second-order valence-corrected chi connectivity index (χ2v) is 12.6. The van der Waals surface area contributed by atoms with E-state index in [0.29, 0.717) is 6.61 Å². The van der Waals surface area contributed by atoms with Crippen LogP contribution in [0.3, 0.4) is 0 Å². The van der Waals surface area contributed by atoms with Gasteiger partial charge in [-0.05, 0) is 60.9 Å². The molecule has 0 bridgehead atoms. The van der Waals surface area contributed by atoms with E-state index < -0.39 is 0 Å². The van der Waals surface area contributed by atoms with Gasteiger partial charge in [-0.3, -0.25) is 4.79 Å². The Balaban J connectivity index is 1.65. The maximum Gasteiger partial charge on any atom is 0.319 e. The highest BCUT2D eigenvalue weighted by molar-refractivity contribution is 8.00. The molecule has 0 aliphatic heterocycles.